The van der Waals surface area contributed by atoms with Gasteiger partial charge >= 0.3 is 0 Å². The van der Waals surface area contributed by atoms with Gasteiger partial charge < -0.3 is 0 Å². The zero-order valence-electron chi connectivity index (χ0n) is 27.7. The number of aromatic nitrogens is 2. The van der Waals surface area contributed by atoms with Crippen LogP contribution < -0.4 is 0 Å². The van der Waals surface area contributed by atoms with Gasteiger partial charge in [-0.15, -0.1) is 0 Å². The number of nitrogens with zero attached hydrogens (tertiary/aromatic N) is 2. The van der Waals surface area contributed by atoms with Crippen molar-refractivity contribution < 1.29 is 0 Å². The third-order valence-electron chi connectivity index (χ3n) is 10.7. The van der Waals surface area contributed by atoms with Gasteiger partial charge in [-0.1, -0.05) is 146 Å². The molecule has 0 aliphatic carbocycles. The number of rotatable bonds is 3. The molecule has 0 aliphatic heterocycles. The highest BCUT2D eigenvalue weighted by Crippen LogP contribution is 2.44. The smallest absolute Gasteiger partial charge is 0.146 e. The number of imidazole rings is 1. The quantitative estimate of drug-likeness (QED) is 0.138. The maximum Gasteiger partial charge on any atom is 0.146 e. The molecule has 0 radical (unpaired) electrons. The van der Waals surface area contributed by atoms with E-state index in [-0.39, 0.29) is 0 Å². The molecule has 0 saturated heterocycles. The molecular weight excluding hydrogens is 617 g/mol. The van der Waals surface area contributed by atoms with E-state index in [9.17, 15) is 0 Å². The number of fused-ring (bicyclic) bond motifs is 11. The zero-order chi connectivity index (χ0) is 33.5. The van der Waals surface area contributed by atoms with Crippen LogP contribution in [0.2, 0.25) is 0 Å². The Morgan fingerprint density at radius 1 is 0.314 bits per heavy atom. The summed E-state index contributed by atoms with van der Waals surface area (Å²) < 4.78 is 2.32. The molecule has 9 aromatic carbocycles. The van der Waals surface area contributed by atoms with Crippen molar-refractivity contribution in [1.82, 2.24) is 9.38 Å². The van der Waals surface area contributed by atoms with Gasteiger partial charge in [0.25, 0.3) is 0 Å². The highest BCUT2D eigenvalue weighted by molar-refractivity contribution is 6.22. The van der Waals surface area contributed by atoms with Crippen LogP contribution in [0.1, 0.15) is 0 Å². The number of hydrogen-bond acceptors (Lipinski definition) is 1. The first-order valence-corrected chi connectivity index (χ1v) is 17.6. The largest absolute Gasteiger partial charge is 0.292 e. The molecule has 0 amide bonds. The molecule has 2 aromatic heterocycles. The molecule has 0 aliphatic rings. The summed E-state index contributed by atoms with van der Waals surface area (Å²) in [7, 11) is 0. The Kier molecular flexibility index (Phi) is 5.99. The van der Waals surface area contributed by atoms with Gasteiger partial charge in [0.2, 0.25) is 0 Å². The van der Waals surface area contributed by atoms with Crippen molar-refractivity contribution in [2.75, 3.05) is 0 Å². The second-order valence-electron chi connectivity index (χ2n) is 13.5. The monoisotopic (exact) mass is 646 g/mol. The van der Waals surface area contributed by atoms with Crippen LogP contribution in [0.5, 0.6) is 0 Å². The minimum Gasteiger partial charge on any atom is -0.292 e. The van der Waals surface area contributed by atoms with Crippen molar-refractivity contribution in [2.24, 2.45) is 0 Å². The SMILES string of the molecule is c1ccc(-c2c3ccccc3cc3c(-c4ccc(-c5ccc6c7ccccc7n7c8ccccc8nc7c6c5)cc4)c4ccccc4cc23)cc1. The van der Waals surface area contributed by atoms with Crippen LogP contribution >= 0.6 is 0 Å². The highest BCUT2D eigenvalue weighted by Gasteiger charge is 2.18. The van der Waals surface area contributed by atoms with Crippen LogP contribution in [0.4, 0.5) is 0 Å². The lowest BCUT2D eigenvalue weighted by Crippen LogP contribution is -1.92. The third-order valence-corrected chi connectivity index (χ3v) is 10.7. The first kappa shape index (κ1) is 28.1. The molecule has 0 unspecified atom stereocenters. The summed E-state index contributed by atoms with van der Waals surface area (Å²) in [5.74, 6) is 0. The molecule has 0 bridgehead atoms. The predicted molar refractivity (Wildman–Crippen MR) is 217 cm³/mol. The first-order chi connectivity index (χ1) is 25.3. The van der Waals surface area contributed by atoms with Gasteiger partial charge in [0.1, 0.15) is 5.65 Å². The van der Waals surface area contributed by atoms with E-state index >= 15 is 0 Å². The Labute approximate surface area is 294 Å². The normalized spacial score (nSPS) is 11.9. The Bertz CT molecular complexity index is 3170. The molecule has 0 saturated carbocycles. The summed E-state index contributed by atoms with van der Waals surface area (Å²) in [6.45, 7) is 0. The van der Waals surface area contributed by atoms with Gasteiger partial charge in [0.05, 0.1) is 16.6 Å². The van der Waals surface area contributed by atoms with Crippen LogP contribution in [0.15, 0.2) is 182 Å². The molecule has 11 rings (SSSR count). The molecular formula is C49H30N2. The van der Waals surface area contributed by atoms with Gasteiger partial charge in [0.15, 0.2) is 0 Å². The van der Waals surface area contributed by atoms with Crippen molar-refractivity contribution in [3.05, 3.63) is 182 Å². The number of pyridine rings is 1. The number of para-hydroxylation sites is 3. The molecule has 2 nitrogen and oxygen atoms in total. The van der Waals surface area contributed by atoms with Crippen LogP contribution in [-0.4, -0.2) is 9.38 Å². The minimum absolute atomic E-state index is 0.993. The van der Waals surface area contributed by atoms with E-state index in [4.69, 9.17) is 4.98 Å². The van der Waals surface area contributed by atoms with E-state index in [1.165, 1.54) is 82.0 Å². The number of benzene rings is 9. The van der Waals surface area contributed by atoms with Crippen LogP contribution in [0.25, 0.3) is 104 Å². The maximum atomic E-state index is 5.15. The molecule has 51 heavy (non-hydrogen) atoms. The van der Waals surface area contributed by atoms with Crippen molar-refractivity contribution in [2.45, 2.75) is 0 Å². The number of hydrogen-bond donors (Lipinski definition) is 0. The summed E-state index contributed by atoms with van der Waals surface area (Å²) >= 11 is 0. The van der Waals surface area contributed by atoms with Crippen molar-refractivity contribution >= 4 is 70.7 Å². The van der Waals surface area contributed by atoms with Crippen molar-refractivity contribution in [3.8, 4) is 33.4 Å². The van der Waals surface area contributed by atoms with Crippen LogP contribution in [0.3, 0.4) is 0 Å². The van der Waals surface area contributed by atoms with E-state index < -0.39 is 0 Å². The Balaban J connectivity index is 1.13. The Morgan fingerprint density at radius 3 is 1.55 bits per heavy atom. The summed E-state index contributed by atoms with van der Waals surface area (Å²) in [5, 5.41) is 11.2. The summed E-state index contributed by atoms with van der Waals surface area (Å²) in [6.07, 6.45) is 0. The standard InChI is InChI=1S/C49H30N2/c1-2-12-32(13-3-1)47-37-16-6-4-14-35(37)30-42-41(47)29-36-15-5-7-17-38(36)48(42)33-24-22-31(23-25-33)34-26-27-39-40-18-8-10-20-45(40)51-46-21-11-9-19-44(46)50-49(51)43(39)28-34/h1-30H. The van der Waals surface area contributed by atoms with E-state index in [1.807, 2.05) is 0 Å². The third kappa shape index (κ3) is 4.20. The van der Waals surface area contributed by atoms with E-state index in [2.05, 4.69) is 186 Å². The molecule has 236 valence electrons. The molecule has 0 N–H and O–H groups in total. The van der Waals surface area contributed by atoms with Crippen LogP contribution in [-0.2, 0) is 0 Å². The fourth-order valence-corrected chi connectivity index (χ4v) is 8.42. The fraction of sp³-hybridized carbons (Fsp3) is 0. The van der Waals surface area contributed by atoms with Gasteiger partial charge in [-0.25, -0.2) is 4.98 Å². The van der Waals surface area contributed by atoms with Gasteiger partial charge in [-0.2, -0.15) is 0 Å². The summed E-state index contributed by atoms with van der Waals surface area (Å²) in [4.78, 5) is 5.15. The molecule has 0 fully saturated rings. The Hall–Kier alpha value is -6.77. The zero-order valence-corrected chi connectivity index (χ0v) is 27.7. The van der Waals surface area contributed by atoms with Crippen molar-refractivity contribution in [1.29, 1.82) is 0 Å². The summed E-state index contributed by atoms with van der Waals surface area (Å²) in [5.41, 5.74) is 11.7. The van der Waals surface area contributed by atoms with Gasteiger partial charge in [0, 0.05) is 10.8 Å². The average molecular weight is 647 g/mol. The molecule has 11 aromatic rings. The molecule has 0 spiro atoms. The van der Waals surface area contributed by atoms with Crippen LogP contribution in [0, 0.1) is 0 Å². The topological polar surface area (TPSA) is 17.3 Å². The lowest BCUT2D eigenvalue weighted by molar-refractivity contribution is 1.31. The lowest BCUT2D eigenvalue weighted by atomic mass is 9.85. The van der Waals surface area contributed by atoms with E-state index in [0.717, 1.165) is 22.1 Å². The van der Waals surface area contributed by atoms with E-state index in [0.29, 0.717) is 0 Å². The van der Waals surface area contributed by atoms with E-state index in [1.54, 1.807) is 0 Å². The lowest BCUT2D eigenvalue weighted by Gasteiger charge is -2.18. The fourth-order valence-electron chi connectivity index (χ4n) is 8.42. The summed E-state index contributed by atoms with van der Waals surface area (Å²) in [6, 6.07) is 66.3. The molecule has 2 heteroatoms. The highest BCUT2D eigenvalue weighted by atomic mass is 15.0. The molecule has 0 atom stereocenters. The second kappa shape index (κ2) is 10.9. The maximum absolute atomic E-state index is 5.15. The van der Waals surface area contributed by atoms with Gasteiger partial charge in [-0.3, -0.25) is 4.40 Å². The second-order valence-corrected chi connectivity index (χ2v) is 13.5. The van der Waals surface area contributed by atoms with Crippen molar-refractivity contribution in [3.63, 3.8) is 0 Å². The minimum atomic E-state index is 0.993. The molecule has 2 heterocycles. The predicted octanol–water partition coefficient (Wildman–Crippen LogP) is 13.3. The van der Waals surface area contributed by atoms with Gasteiger partial charge in [-0.05, 0) is 107 Å². The Morgan fingerprint density at radius 2 is 0.843 bits per heavy atom. The first-order valence-electron chi connectivity index (χ1n) is 17.6. The average Bonchev–Trinajstić information content (AvgIpc) is 3.60.